The number of hydrazine groups is 1. The second kappa shape index (κ2) is 6.51. The summed E-state index contributed by atoms with van der Waals surface area (Å²) in [6.45, 7) is 4.92. The number of nitrogens with one attached hydrogen (secondary N) is 1. The number of hydrogen-bond acceptors (Lipinski definition) is 6. The molecule has 0 atom stereocenters. The van der Waals surface area contributed by atoms with Crippen molar-refractivity contribution in [1.29, 1.82) is 0 Å². The summed E-state index contributed by atoms with van der Waals surface area (Å²) in [5.74, 6) is 8.02. The fourth-order valence-corrected chi connectivity index (χ4v) is 2.96. The van der Waals surface area contributed by atoms with E-state index in [1.165, 1.54) is 5.56 Å². The Bertz CT molecular complexity index is 584. The third kappa shape index (κ3) is 3.68. The minimum absolute atomic E-state index is 0.255. The molecule has 0 aliphatic rings. The minimum Gasteiger partial charge on any atom is -0.355 e. The van der Waals surface area contributed by atoms with Gasteiger partial charge in [-0.2, -0.15) is 0 Å². The Balaban J connectivity index is 2.24. The lowest BCUT2D eigenvalue weighted by molar-refractivity contribution is 0.763. The van der Waals surface area contributed by atoms with Crippen LogP contribution in [0.3, 0.4) is 0 Å². The molecule has 20 heavy (non-hydrogen) atoms. The normalized spacial score (nSPS) is 10.9. The van der Waals surface area contributed by atoms with Crippen LogP contribution < -0.4 is 16.2 Å². The van der Waals surface area contributed by atoms with Crippen molar-refractivity contribution in [2.45, 2.75) is 26.3 Å². The van der Waals surface area contributed by atoms with Crippen LogP contribution in [0.2, 0.25) is 0 Å². The zero-order valence-corrected chi connectivity index (χ0v) is 14.1. The number of thiophene rings is 1. The van der Waals surface area contributed by atoms with Crippen LogP contribution in [0.1, 0.15) is 31.2 Å². The Morgan fingerprint density at radius 1 is 1.40 bits per heavy atom. The van der Waals surface area contributed by atoms with Gasteiger partial charge >= 0.3 is 0 Å². The highest BCUT2D eigenvalue weighted by Gasteiger charge is 2.11. The summed E-state index contributed by atoms with van der Waals surface area (Å²) in [6, 6.07) is 3.97. The van der Waals surface area contributed by atoms with E-state index < -0.39 is 0 Å². The van der Waals surface area contributed by atoms with Crippen LogP contribution in [0, 0.1) is 0 Å². The van der Waals surface area contributed by atoms with E-state index in [2.05, 4.69) is 61.5 Å². The molecule has 0 spiro atoms. The van der Waals surface area contributed by atoms with Crippen molar-refractivity contribution in [2.24, 2.45) is 5.84 Å². The third-order valence-corrected chi connectivity index (χ3v) is 4.38. The lowest BCUT2D eigenvalue weighted by atomic mass is 10.2. The molecule has 3 N–H and O–H groups in total. The fraction of sp³-hybridized carbons (Fsp3) is 0.385. The zero-order chi connectivity index (χ0) is 14.7. The highest BCUT2D eigenvalue weighted by atomic mass is 79.9. The quantitative estimate of drug-likeness (QED) is 0.635. The number of nitrogens with two attached hydrogens (primary N) is 1. The maximum atomic E-state index is 5.48. The number of halogens is 1. The molecule has 108 valence electrons. The first kappa shape index (κ1) is 15.2. The highest BCUT2D eigenvalue weighted by Crippen LogP contribution is 2.24. The molecule has 5 nitrogen and oxygen atoms in total. The van der Waals surface area contributed by atoms with Gasteiger partial charge in [-0.15, -0.1) is 11.3 Å². The van der Waals surface area contributed by atoms with Crippen molar-refractivity contribution in [2.75, 3.05) is 17.4 Å². The van der Waals surface area contributed by atoms with E-state index in [1.54, 1.807) is 11.3 Å². The van der Waals surface area contributed by atoms with Crippen molar-refractivity contribution in [3.8, 4) is 0 Å². The van der Waals surface area contributed by atoms with Gasteiger partial charge in [-0.3, -0.25) is 0 Å². The van der Waals surface area contributed by atoms with Crippen molar-refractivity contribution in [3.63, 3.8) is 0 Å². The largest absolute Gasteiger partial charge is 0.355 e. The summed E-state index contributed by atoms with van der Waals surface area (Å²) in [5, 5.41) is 2.13. The summed E-state index contributed by atoms with van der Waals surface area (Å²) in [6.07, 6.45) is 0. The standard InChI is InChI=1S/C13H18BrN5S/c1-8(2)13-16-11(18-15)5-12(17-13)19(3)6-9-4-10(14)20-7-9/h4-5,7-8H,6,15H2,1-3H3,(H,16,17,18). The summed E-state index contributed by atoms with van der Waals surface area (Å²) >= 11 is 5.16. The lowest BCUT2D eigenvalue weighted by Gasteiger charge is -2.19. The molecule has 0 fully saturated rings. The molecule has 0 amide bonds. The molecule has 2 aromatic heterocycles. The average Bonchev–Trinajstić information content (AvgIpc) is 2.83. The first-order valence-electron chi connectivity index (χ1n) is 6.29. The number of aromatic nitrogens is 2. The molecule has 0 bridgehead atoms. The van der Waals surface area contributed by atoms with Gasteiger partial charge in [0.15, 0.2) is 0 Å². The Hall–Kier alpha value is -1.18. The van der Waals surface area contributed by atoms with Crippen LogP contribution in [0.5, 0.6) is 0 Å². The number of hydrogen-bond donors (Lipinski definition) is 2. The Morgan fingerprint density at radius 2 is 2.15 bits per heavy atom. The Kier molecular flexibility index (Phi) is 4.95. The summed E-state index contributed by atoms with van der Waals surface area (Å²) in [4.78, 5) is 11.0. The SMILES string of the molecule is CC(C)c1nc(NN)cc(N(C)Cc2csc(Br)c2)n1. The predicted octanol–water partition coefficient (Wildman–Crippen LogP) is 3.35. The van der Waals surface area contributed by atoms with Crippen molar-refractivity contribution in [3.05, 3.63) is 32.7 Å². The van der Waals surface area contributed by atoms with E-state index in [9.17, 15) is 0 Å². The van der Waals surface area contributed by atoms with Crippen molar-refractivity contribution < 1.29 is 0 Å². The van der Waals surface area contributed by atoms with Crippen LogP contribution in [0.25, 0.3) is 0 Å². The second-order valence-electron chi connectivity index (χ2n) is 4.88. The molecule has 0 saturated carbocycles. The molecular formula is C13H18BrN5S. The topological polar surface area (TPSA) is 67.1 Å². The number of nitrogen functional groups attached to an aromatic ring is 1. The van der Waals surface area contributed by atoms with E-state index in [0.29, 0.717) is 5.82 Å². The van der Waals surface area contributed by atoms with E-state index in [-0.39, 0.29) is 5.92 Å². The fourth-order valence-electron chi connectivity index (χ4n) is 1.76. The molecule has 2 rings (SSSR count). The predicted molar refractivity (Wildman–Crippen MR) is 88.1 cm³/mol. The van der Waals surface area contributed by atoms with Gasteiger partial charge in [-0.25, -0.2) is 15.8 Å². The maximum Gasteiger partial charge on any atom is 0.145 e. The van der Waals surface area contributed by atoms with Gasteiger partial charge in [0.2, 0.25) is 0 Å². The Morgan fingerprint density at radius 3 is 2.70 bits per heavy atom. The molecule has 2 aromatic rings. The molecule has 0 aliphatic heterocycles. The molecule has 0 saturated heterocycles. The van der Waals surface area contributed by atoms with Gasteiger partial charge in [-0.1, -0.05) is 13.8 Å². The third-order valence-electron chi connectivity index (χ3n) is 2.83. The monoisotopic (exact) mass is 355 g/mol. The molecule has 2 heterocycles. The first-order valence-corrected chi connectivity index (χ1v) is 7.96. The number of anilines is 2. The van der Waals surface area contributed by atoms with Crippen LogP contribution in [-0.2, 0) is 6.54 Å². The maximum absolute atomic E-state index is 5.48. The van der Waals surface area contributed by atoms with Crippen molar-refractivity contribution in [1.82, 2.24) is 9.97 Å². The first-order chi connectivity index (χ1) is 9.49. The molecule has 0 radical (unpaired) electrons. The van der Waals surface area contributed by atoms with Gasteiger partial charge in [0.1, 0.15) is 17.5 Å². The van der Waals surface area contributed by atoms with E-state index in [1.807, 2.05) is 13.1 Å². The Labute approximate surface area is 131 Å². The highest BCUT2D eigenvalue weighted by molar-refractivity contribution is 9.11. The molecule has 0 aliphatic carbocycles. The molecule has 0 unspecified atom stereocenters. The van der Waals surface area contributed by atoms with Gasteiger partial charge in [0, 0.05) is 25.6 Å². The van der Waals surface area contributed by atoms with Crippen LogP contribution in [0.4, 0.5) is 11.6 Å². The lowest BCUT2D eigenvalue weighted by Crippen LogP contribution is -2.20. The number of rotatable bonds is 5. The van der Waals surface area contributed by atoms with Crippen LogP contribution in [-0.4, -0.2) is 17.0 Å². The smallest absolute Gasteiger partial charge is 0.145 e. The van der Waals surface area contributed by atoms with E-state index in [4.69, 9.17) is 5.84 Å². The van der Waals surface area contributed by atoms with E-state index in [0.717, 1.165) is 22.0 Å². The summed E-state index contributed by atoms with van der Waals surface area (Å²) in [7, 11) is 2.01. The van der Waals surface area contributed by atoms with Gasteiger partial charge in [0.05, 0.1) is 3.79 Å². The van der Waals surface area contributed by atoms with Crippen LogP contribution in [0.15, 0.2) is 21.3 Å². The van der Waals surface area contributed by atoms with Crippen molar-refractivity contribution >= 4 is 38.9 Å². The van der Waals surface area contributed by atoms with Crippen LogP contribution >= 0.6 is 27.3 Å². The average molecular weight is 356 g/mol. The minimum atomic E-state index is 0.255. The molecule has 7 heteroatoms. The van der Waals surface area contributed by atoms with Gasteiger partial charge in [0.25, 0.3) is 0 Å². The summed E-state index contributed by atoms with van der Waals surface area (Å²) in [5.41, 5.74) is 3.85. The molecular weight excluding hydrogens is 338 g/mol. The molecule has 0 aromatic carbocycles. The zero-order valence-electron chi connectivity index (χ0n) is 11.7. The van der Waals surface area contributed by atoms with Gasteiger partial charge in [-0.05, 0) is 32.9 Å². The second-order valence-corrected chi connectivity index (χ2v) is 7.17. The van der Waals surface area contributed by atoms with Gasteiger partial charge < -0.3 is 10.3 Å². The number of nitrogens with zero attached hydrogens (tertiary/aromatic N) is 3. The van der Waals surface area contributed by atoms with E-state index >= 15 is 0 Å². The summed E-state index contributed by atoms with van der Waals surface area (Å²) < 4.78 is 1.13.